The van der Waals surface area contributed by atoms with E-state index in [1.807, 2.05) is 18.2 Å². The smallest absolute Gasteiger partial charge is 0.407 e. The number of carboxylic acids is 1. The summed E-state index contributed by atoms with van der Waals surface area (Å²) in [6.07, 6.45) is -2.43. The standard InChI is InChI=1S/C22H26N2O7S/c25-17(14-23-22(29)31-15-16-7-3-1-4-8-16)13-20(26)24-19(21(27)28)11-12-32(30)18-9-5-2-6-10-18/h1-10,17,19,25H,11-15H2,(H,23,29)(H,24,26)(H,27,28)/t17-,19-,32+/m0/s1. The number of nitrogens with one attached hydrogen (secondary N) is 2. The highest BCUT2D eigenvalue weighted by molar-refractivity contribution is 7.85. The molecule has 2 amide bonds. The average molecular weight is 463 g/mol. The molecule has 0 aliphatic heterocycles. The molecule has 0 heterocycles. The van der Waals surface area contributed by atoms with E-state index in [9.17, 15) is 28.8 Å². The van der Waals surface area contributed by atoms with Crippen LogP contribution in [0.15, 0.2) is 65.6 Å². The van der Waals surface area contributed by atoms with Crippen molar-refractivity contribution in [3.8, 4) is 0 Å². The lowest BCUT2D eigenvalue weighted by Crippen LogP contribution is -2.44. The van der Waals surface area contributed by atoms with Gasteiger partial charge < -0.3 is 25.6 Å². The van der Waals surface area contributed by atoms with E-state index in [4.69, 9.17) is 4.74 Å². The first-order valence-electron chi connectivity index (χ1n) is 9.93. The van der Waals surface area contributed by atoms with Crippen molar-refractivity contribution in [2.75, 3.05) is 12.3 Å². The fourth-order valence-corrected chi connectivity index (χ4v) is 3.83. The third kappa shape index (κ3) is 9.27. The second-order valence-corrected chi connectivity index (χ2v) is 8.48. The van der Waals surface area contributed by atoms with Gasteiger partial charge in [0.1, 0.15) is 12.6 Å². The highest BCUT2D eigenvalue weighted by Crippen LogP contribution is 2.08. The molecule has 4 N–H and O–H groups in total. The van der Waals surface area contributed by atoms with Gasteiger partial charge in [-0.1, -0.05) is 48.5 Å². The lowest BCUT2D eigenvalue weighted by Gasteiger charge is -2.16. The molecule has 0 aliphatic rings. The van der Waals surface area contributed by atoms with Crippen LogP contribution >= 0.6 is 0 Å². The Labute approximate surface area is 188 Å². The third-order valence-electron chi connectivity index (χ3n) is 4.35. The van der Waals surface area contributed by atoms with Crippen molar-refractivity contribution >= 4 is 28.8 Å². The van der Waals surface area contributed by atoms with Gasteiger partial charge in [0.25, 0.3) is 0 Å². The predicted molar refractivity (Wildman–Crippen MR) is 117 cm³/mol. The molecule has 10 heteroatoms. The summed E-state index contributed by atoms with van der Waals surface area (Å²) in [4.78, 5) is 35.8. The van der Waals surface area contributed by atoms with Gasteiger partial charge in [0, 0.05) is 17.2 Å². The van der Waals surface area contributed by atoms with E-state index in [1.54, 1.807) is 42.5 Å². The van der Waals surface area contributed by atoms with Gasteiger partial charge in [-0.25, -0.2) is 9.59 Å². The molecule has 32 heavy (non-hydrogen) atoms. The molecule has 0 spiro atoms. The zero-order valence-corrected chi connectivity index (χ0v) is 18.1. The predicted octanol–water partition coefficient (Wildman–Crippen LogP) is 1.43. The number of hydrogen-bond acceptors (Lipinski definition) is 6. The van der Waals surface area contributed by atoms with E-state index in [1.165, 1.54) is 0 Å². The van der Waals surface area contributed by atoms with Crippen LogP contribution in [-0.2, 0) is 31.7 Å². The second kappa shape index (κ2) is 13.2. The van der Waals surface area contributed by atoms with Gasteiger partial charge in [-0.3, -0.25) is 9.00 Å². The van der Waals surface area contributed by atoms with Crippen LogP contribution in [0.3, 0.4) is 0 Å². The van der Waals surface area contributed by atoms with Crippen LogP contribution in [0, 0.1) is 0 Å². The first kappa shape index (κ1) is 25.0. The van der Waals surface area contributed by atoms with Crippen LogP contribution in [0.1, 0.15) is 18.4 Å². The number of aliphatic carboxylic acids is 1. The first-order valence-corrected chi connectivity index (χ1v) is 11.2. The zero-order chi connectivity index (χ0) is 23.3. The molecule has 2 aromatic rings. The van der Waals surface area contributed by atoms with Crippen LogP contribution < -0.4 is 10.6 Å². The Balaban J connectivity index is 1.70. The Hall–Kier alpha value is -3.24. The summed E-state index contributed by atoms with van der Waals surface area (Å²) in [5, 5.41) is 23.9. The van der Waals surface area contributed by atoms with Crippen molar-refractivity contribution in [1.82, 2.24) is 10.6 Å². The Morgan fingerprint density at radius 2 is 1.62 bits per heavy atom. The monoisotopic (exact) mass is 462 g/mol. The van der Waals surface area contributed by atoms with Crippen molar-refractivity contribution in [2.24, 2.45) is 0 Å². The van der Waals surface area contributed by atoms with Crippen molar-refractivity contribution in [1.29, 1.82) is 0 Å². The Morgan fingerprint density at radius 1 is 1.00 bits per heavy atom. The molecule has 0 saturated heterocycles. The molecule has 2 rings (SSSR count). The fraction of sp³-hybridized carbons (Fsp3) is 0.318. The molecular formula is C22H26N2O7S. The number of rotatable bonds is 12. The molecule has 172 valence electrons. The van der Waals surface area contributed by atoms with Crippen LogP contribution in [0.2, 0.25) is 0 Å². The van der Waals surface area contributed by atoms with E-state index < -0.39 is 47.3 Å². The summed E-state index contributed by atoms with van der Waals surface area (Å²) in [5.74, 6) is -1.91. The first-order chi connectivity index (χ1) is 15.3. The molecule has 2 aromatic carbocycles. The molecule has 0 saturated carbocycles. The maximum absolute atomic E-state index is 12.2. The van der Waals surface area contributed by atoms with Crippen LogP contribution in [-0.4, -0.2) is 56.8 Å². The lowest BCUT2D eigenvalue weighted by molar-refractivity contribution is -0.142. The molecule has 3 atom stereocenters. The Morgan fingerprint density at radius 3 is 2.25 bits per heavy atom. The minimum Gasteiger partial charge on any atom is -0.480 e. The number of carbonyl (C=O) groups excluding carboxylic acids is 2. The van der Waals surface area contributed by atoms with Gasteiger partial charge in [0.2, 0.25) is 5.91 Å². The average Bonchev–Trinajstić information content (AvgIpc) is 2.79. The maximum atomic E-state index is 12.2. The quantitative estimate of drug-likeness (QED) is 0.374. The van der Waals surface area contributed by atoms with Gasteiger partial charge in [-0.05, 0) is 24.1 Å². The molecule has 0 aromatic heterocycles. The molecule has 0 unspecified atom stereocenters. The van der Waals surface area contributed by atoms with Crippen molar-refractivity contribution in [3.63, 3.8) is 0 Å². The van der Waals surface area contributed by atoms with E-state index in [0.29, 0.717) is 4.90 Å². The second-order valence-electron chi connectivity index (χ2n) is 6.91. The van der Waals surface area contributed by atoms with Crippen LogP contribution in [0.5, 0.6) is 0 Å². The van der Waals surface area contributed by atoms with Gasteiger partial charge in [-0.2, -0.15) is 0 Å². The largest absolute Gasteiger partial charge is 0.480 e. The minimum atomic E-state index is -1.40. The number of carbonyl (C=O) groups is 3. The number of ether oxygens (including phenoxy) is 1. The van der Waals surface area contributed by atoms with E-state index >= 15 is 0 Å². The molecule has 9 nitrogen and oxygen atoms in total. The molecule has 0 fully saturated rings. The minimum absolute atomic E-state index is 0.0390. The number of hydrogen-bond donors (Lipinski definition) is 4. The van der Waals surface area contributed by atoms with E-state index in [2.05, 4.69) is 10.6 Å². The van der Waals surface area contributed by atoms with Gasteiger partial charge in [-0.15, -0.1) is 0 Å². The summed E-state index contributed by atoms with van der Waals surface area (Å²) in [5.41, 5.74) is 0.801. The van der Waals surface area contributed by atoms with Crippen LogP contribution in [0.4, 0.5) is 4.79 Å². The summed E-state index contributed by atoms with van der Waals surface area (Å²) >= 11 is 0. The van der Waals surface area contributed by atoms with E-state index in [-0.39, 0.29) is 25.3 Å². The van der Waals surface area contributed by atoms with Gasteiger partial charge >= 0.3 is 12.1 Å². The number of carboxylic acid groups (broad SMARTS) is 1. The fourth-order valence-electron chi connectivity index (χ4n) is 2.69. The Kier molecular flexibility index (Phi) is 10.3. The highest BCUT2D eigenvalue weighted by atomic mass is 32.2. The summed E-state index contributed by atoms with van der Waals surface area (Å²) in [7, 11) is -1.40. The number of aliphatic hydroxyl groups is 1. The highest BCUT2D eigenvalue weighted by Gasteiger charge is 2.22. The maximum Gasteiger partial charge on any atom is 0.407 e. The normalized spacial score (nSPS) is 13.4. The Bertz CT molecular complexity index is 909. The molecule has 0 radical (unpaired) electrons. The summed E-state index contributed by atoms with van der Waals surface area (Å²) < 4.78 is 17.2. The number of alkyl carbamates (subject to hydrolysis) is 1. The number of aliphatic hydroxyl groups excluding tert-OH is 1. The zero-order valence-electron chi connectivity index (χ0n) is 17.3. The SMILES string of the molecule is O=C(C[C@H](O)CNC(=O)OCc1ccccc1)N[C@@H](CC[S@@](=O)c1ccccc1)C(=O)O. The lowest BCUT2D eigenvalue weighted by atomic mass is 10.2. The topological polar surface area (TPSA) is 142 Å². The number of amides is 2. The van der Waals surface area contributed by atoms with Crippen molar-refractivity contribution < 1.29 is 33.5 Å². The van der Waals surface area contributed by atoms with Crippen molar-refractivity contribution in [2.45, 2.75) is 36.5 Å². The van der Waals surface area contributed by atoms with E-state index in [0.717, 1.165) is 5.56 Å². The summed E-state index contributed by atoms with van der Waals surface area (Å²) in [6, 6.07) is 16.4. The number of benzene rings is 2. The van der Waals surface area contributed by atoms with Crippen molar-refractivity contribution in [3.05, 3.63) is 66.2 Å². The molecular weight excluding hydrogens is 436 g/mol. The van der Waals surface area contributed by atoms with Gasteiger partial charge in [0.15, 0.2) is 0 Å². The molecule has 0 bridgehead atoms. The summed E-state index contributed by atoms with van der Waals surface area (Å²) in [6.45, 7) is -0.176. The molecule has 0 aliphatic carbocycles. The van der Waals surface area contributed by atoms with Gasteiger partial charge in [0.05, 0.1) is 23.3 Å². The van der Waals surface area contributed by atoms with Crippen LogP contribution in [0.25, 0.3) is 0 Å². The third-order valence-corrected chi connectivity index (χ3v) is 5.75.